The number of alkyl halides is 5. The highest BCUT2D eigenvalue weighted by molar-refractivity contribution is 5.02. The summed E-state index contributed by atoms with van der Waals surface area (Å²) in [6.07, 6.45) is 19.9. The Kier molecular flexibility index (Phi) is 45.6. The fourth-order valence-electron chi connectivity index (χ4n) is 11.5. The summed E-state index contributed by atoms with van der Waals surface area (Å²) in [4.78, 5) is 0. The zero-order valence-electron chi connectivity index (χ0n) is 64.1. The third-order valence-electron chi connectivity index (χ3n) is 19.5. The Morgan fingerprint density at radius 3 is 0.695 bits per heavy atom. The van der Waals surface area contributed by atoms with Gasteiger partial charge in [0.2, 0.25) is 0 Å². The van der Waals surface area contributed by atoms with Crippen molar-refractivity contribution >= 4 is 0 Å². The first kappa shape index (κ1) is 92.8. The highest BCUT2D eigenvalue weighted by atomic mass is 19.2. The van der Waals surface area contributed by atoms with Crippen molar-refractivity contribution in [2.24, 2.45) is 79.3 Å². The minimum Gasteiger partial charge on any atom is -0.244 e. The van der Waals surface area contributed by atoms with Crippen LogP contribution < -0.4 is 0 Å². The van der Waals surface area contributed by atoms with Gasteiger partial charge in [-0.05, 0) is 187 Å². The second-order valence-corrected chi connectivity index (χ2v) is 35.6. The van der Waals surface area contributed by atoms with Crippen molar-refractivity contribution in [3.05, 3.63) is 0 Å². The quantitative estimate of drug-likeness (QED) is 0.161. The molecule has 82 heavy (non-hydrogen) atoms. The lowest BCUT2D eigenvalue weighted by atomic mass is 9.57. The molecule has 0 heterocycles. The highest BCUT2D eigenvalue weighted by Gasteiger charge is 2.53. The molecule has 0 aromatic carbocycles. The second-order valence-electron chi connectivity index (χ2n) is 35.6. The number of hydrogen-bond acceptors (Lipinski definition) is 0. The fourth-order valence-corrected chi connectivity index (χ4v) is 11.5. The van der Waals surface area contributed by atoms with E-state index in [0.717, 1.165) is 109 Å². The van der Waals surface area contributed by atoms with Crippen molar-refractivity contribution in [3.8, 4) is 0 Å². The molecule has 0 amide bonds. The van der Waals surface area contributed by atoms with Crippen molar-refractivity contribution in [2.45, 2.75) is 420 Å². The van der Waals surface area contributed by atoms with Gasteiger partial charge in [0.1, 0.15) is 28.3 Å². The van der Waals surface area contributed by atoms with E-state index in [-0.39, 0.29) is 22.7 Å². The molecule has 5 heteroatoms. The summed E-state index contributed by atoms with van der Waals surface area (Å²) in [6, 6.07) is 0. The Balaban J connectivity index is -0.000000204. The number of hydrogen-bond donors (Lipinski definition) is 0. The highest BCUT2D eigenvalue weighted by Crippen LogP contribution is 2.54. The normalized spacial score (nSPS) is 18.1. The van der Waals surface area contributed by atoms with Crippen LogP contribution in [-0.2, 0) is 0 Å². The molecule has 0 bridgehead atoms. The first-order valence-electron chi connectivity index (χ1n) is 34.6. The van der Waals surface area contributed by atoms with Gasteiger partial charge in [-0.1, -0.05) is 273 Å². The van der Waals surface area contributed by atoms with Crippen LogP contribution in [0.1, 0.15) is 392 Å². The molecule has 0 N–H and O–H groups in total. The van der Waals surface area contributed by atoms with Gasteiger partial charge in [0.25, 0.3) is 0 Å². The van der Waals surface area contributed by atoms with Gasteiger partial charge < -0.3 is 0 Å². The summed E-state index contributed by atoms with van der Waals surface area (Å²) in [6.45, 7) is 81.1. The van der Waals surface area contributed by atoms with Gasteiger partial charge in [-0.3, -0.25) is 0 Å². The Bertz CT molecular complexity index is 1370. The molecular formula is C77H161F5. The maximum absolute atomic E-state index is 15.4. The standard InChI is InChI=1S/C16H33F.C14H29F.C9H17F.C7H13F.2C7H16.C6H11F.C6H14.C5H12/c1-10(2)14(11(3)4)16(9,17)15(12(5)6)13(7)8;1-8-12(5,9-2)14(7,15)13(6,10-3)11-4;1-8(2)4-6-9(3,10)7-5-8;1-7(8)5-3-2-4-6-7;1-6(2)7(3,4)5;1-5-6-7(2,3)4;1-6(7)4-2-3-5-6;1-5-6(2,3)4;1-5(2,3)4/h10-15H,1-9H3;8-11H2,1-7H3;4-7H2,1-3H3;2-6H2,1H3;6H,1-5H3;5-6H2,1-4H3;2-5H2,1H3;5H2,1-4H3;1-4H3. The lowest BCUT2D eigenvalue weighted by molar-refractivity contribution is -0.0946. The predicted molar refractivity (Wildman–Crippen MR) is 369 cm³/mol. The van der Waals surface area contributed by atoms with Crippen LogP contribution >= 0.6 is 0 Å². The first-order valence-corrected chi connectivity index (χ1v) is 34.6. The minimum absolute atomic E-state index is 0.136. The van der Waals surface area contributed by atoms with Crippen LogP contribution in [0.5, 0.6) is 0 Å². The molecule has 0 radical (unpaired) electrons. The Hall–Kier alpha value is -0.350. The van der Waals surface area contributed by atoms with E-state index in [9.17, 15) is 13.2 Å². The first-order chi connectivity index (χ1) is 36.2. The van der Waals surface area contributed by atoms with Crippen LogP contribution in [0.2, 0.25) is 0 Å². The molecule has 3 aliphatic carbocycles. The van der Waals surface area contributed by atoms with Crippen LogP contribution in [0, 0.1) is 79.3 Å². The van der Waals surface area contributed by atoms with Gasteiger partial charge >= 0.3 is 0 Å². The van der Waals surface area contributed by atoms with E-state index in [1.165, 1.54) is 25.7 Å². The van der Waals surface area contributed by atoms with Gasteiger partial charge in [0.15, 0.2) is 0 Å². The molecule has 0 aromatic rings. The molecule has 3 saturated carbocycles. The Labute approximate surface area is 518 Å². The third kappa shape index (κ3) is 45.9. The lowest BCUT2D eigenvalue weighted by Crippen LogP contribution is -2.51. The molecule has 0 unspecified atom stereocenters. The molecule has 0 saturated heterocycles. The largest absolute Gasteiger partial charge is 0.244 e. The summed E-state index contributed by atoms with van der Waals surface area (Å²) < 4.78 is 69.3. The fraction of sp³-hybridized carbons (Fsp3) is 1.00. The summed E-state index contributed by atoms with van der Waals surface area (Å²) in [5.74, 6) is 2.65. The number of halogens is 5. The van der Waals surface area contributed by atoms with E-state index in [1.807, 2.05) is 13.8 Å². The lowest BCUT2D eigenvalue weighted by Gasteiger charge is -2.51. The average Bonchev–Trinajstić information content (AvgIpc) is 3.69. The summed E-state index contributed by atoms with van der Waals surface area (Å²) in [7, 11) is 0. The minimum atomic E-state index is -1.09. The predicted octanol–water partition coefficient (Wildman–Crippen LogP) is 29.2. The molecule has 0 aromatic heterocycles. The zero-order chi connectivity index (χ0) is 67.2. The maximum atomic E-state index is 15.4. The van der Waals surface area contributed by atoms with Crippen molar-refractivity contribution in [1.82, 2.24) is 0 Å². The Morgan fingerprint density at radius 1 is 0.354 bits per heavy atom. The van der Waals surface area contributed by atoms with Crippen LogP contribution in [-0.4, -0.2) is 28.3 Å². The SMILES string of the molecule is CC(C)(C)C.CC(C)C(C(C)C)C(C)(F)C(C(C)C)C(C)C.CC(C)C(C)(C)C.CC1(C)CCC(C)(F)CC1.CC1(F)CCCC1.CC1(F)CCCCC1.CCC(C)(C)C.CCC(C)(CC)C(C)(F)C(C)(CC)CC.CCCC(C)(C)C. The van der Waals surface area contributed by atoms with Crippen molar-refractivity contribution in [3.63, 3.8) is 0 Å². The number of rotatable bonds is 13. The molecule has 0 nitrogen and oxygen atoms in total. The summed E-state index contributed by atoms with van der Waals surface area (Å²) >= 11 is 0. The van der Waals surface area contributed by atoms with Crippen LogP contribution in [0.3, 0.4) is 0 Å². The molecule has 3 rings (SSSR count). The molecule has 3 aliphatic rings. The summed E-state index contributed by atoms with van der Waals surface area (Å²) in [5.41, 5.74) is -2.58. The van der Waals surface area contributed by atoms with Crippen LogP contribution in [0.25, 0.3) is 0 Å². The van der Waals surface area contributed by atoms with E-state index in [1.54, 1.807) is 20.8 Å². The third-order valence-corrected chi connectivity index (χ3v) is 19.5. The van der Waals surface area contributed by atoms with Gasteiger partial charge in [-0.15, -0.1) is 0 Å². The van der Waals surface area contributed by atoms with Crippen LogP contribution in [0.4, 0.5) is 22.0 Å². The summed E-state index contributed by atoms with van der Waals surface area (Å²) in [5, 5.41) is 0. The second kappa shape index (κ2) is 40.3. The molecule has 0 aliphatic heterocycles. The maximum Gasteiger partial charge on any atom is 0.118 e. The molecular weight excluding hydrogens is 1020 g/mol. The van der Waals surface area contributed by atoms with E-state index in [4.69, 9.17) is 0 Å². The molecule has 504 valence electrons. The van der Waals surface area contributed by atoms with Gasteiger partial charge in [-0.25, -0.2) is 22.0 Å². The topological polar surface area (TPSA) is 0 Å². The van der Waals surface area contributed by atoms with E-state index < -0.39 is 28.3 Å². The van der Waals surface area contributed by atoms with Gasteiger partial charge in [-0.2, -0.15) is 0 Å². The molecule has 3 fully saturated rings. The molecule has 0 atom stereocenters. The van der Waals surface area contributed by atoms with E-state index >= 15 is 8.78 Å². The average molecular weight is 1180 g/mol. The Morgan fingerprint density at radius 2 is 0.573 bits per heavy atom. The van der Waals surface area contributed by atoms with Gasteiger partial charge in [0, 0.05) is 10.8 Å². The monoisotopic (exact) mass is 1180 g/mol. The van der Waals surface area contributed by atoms with Gasteiger partial charge in [0.05, 0.1) is 0 Å². The van der Waals surface area contributed by atoms with Crippen molar-refractivity contribution in [1.29, 1.82) is 0 Å². The van der Waals surface area contributed by atoms with Crippen molar-refractivity contribution < 1.29 is 22.0 Å². The van der Waals surface area contributed by atoms with Crippen LogP contribution in [0.15, 0.2) is 0 Å². The molecule has 0 spiro atoms. The zero-order valence-corrected chi connectivity index (χ0v) is 64.1. The van der Waals surface area contributed by atoms with E-state index in [2.05, 4.69) is 228 Å². The smallest absolute Gasteiger partial charge is 0.118 e. The van der Waals surface area contributed by atoms with E-state index in [0.29, 0.717) is 50.7 Å². The van der Waals surface area contributed by atoms with Crippen molar-refractivity contribution in [2.75, 3.05) is 0 Å².